The molecule has 2 saturated heterocycles. The Morgan fingerprint density at radius 2 is 1.69 bits per heavy atom. The quantitative estimate of drug-likeness (QED) is 0.120. The average molecular weight is 566 g/mol. The number of aromatic amines is 1. The molecule has 3 heterocycles. The molecular weight excluding hydrogens is 542 g/mol. The standard InChI is InChI=1S/C15H24N2O17P2/c18-3-5(19)12-9(22)11(24)14(32-12)33-36(28,29)34-35(26,27)30-4-6-8(21)10(23)13(31-6)17-2-1-7(20)16-15(17)25/h1-2,5-6,8-14,18-19,21-24H,3-4H2,(H,26,27)(H,28,29)(H,16,20,25)/t5-,6+,8+,9+,10+,11+,12-,13+,14+/m0/s1. The van der Waals surface area contributed by atoms with Crippen LogP contribution >= 0.6 is 15.6 Å². The average Bonchev–Trinajstić information content (AvgIpc) is 3.21. The van der Waals surface area contributed by atoms with Gasteiger partial charge in [-0.2, -0.15) is 4.31 Å². The molecule has 0 aromatic carbocycles. The SMILES string of the molecule is O=c1ccn([C@@H]2O[C@H](COP(=O)(O)OP(=O)(O)O[C@H]3O[C@@H]([C@@H](O)CO)[C@H](O)[C@H]3O)[C@@H](O)[C@H]2O)c(=O)[nH]1. The number of phosphoric ester groups is 2. The summed E-state index contributed by atoms with van der Waals surface area (Å²) < 4.78 is 48.0. The lowest BCUT2D eigenvalue weighted by molar-refractivity contribution is -0.144. The zero-order chi connectivity index (χ0) is 27.0. The van der Waals surface area contributed by atoms with Gasteiger partial charge in [-0.15, -0.1) is 0 Å². The van der Waals surface area contributed by atoms with Crippen molar-refractivity contribution >= 4 is 15.6 Å². The van der Waals surface area contributed by atoms with Gasteiger partial charge in [-0.05, 0) is 0 Å². The lowest BCUT2D eigenvalue weighted by Gasteiger charge is -2.22. The Kier molecular flexibility index (Phi) is 9.05. The van der Waals surface area contributed by atoms with Crippen molar-refractivity contribution in [2.45, 2.75) is 55.2 Å². The predicted octanol–water partition coefficient (Wildman–Crippen LogP) is -4.79. The van der Waals surface area contributed by atoms with E-state index in [-0.39, 0.29) is 0 Å². The molecule has 0 aliphatic carbocycles. The van der Waals surface area contributed by atoms with Crippen molar-refractivity contribution in [1.82, 2.24) is 9.55 Å². The van der Waals surface area contributed by atoms with Crippen molar-refractivity contribution < 1.29 is 72.4 Å². The van der Waals surface area contributed by atoms with Crippen molar-refractivity contribution in [3.63, 3.8) is 0 Å². The maximum Gasteiger partial charge on any atom is 0.483 e. The molecule has 1 aromatic rings. The normalized spacial score (nSPS) is 36.9. The lowest BCUT2D eigenvalue weighted by Crippen LogP contribution is -2.40. The minimum Gasteiger partial charge on any atom is -0.394 e. The first-order valence-corrected chi connectivity index (χ1v) is 13.0. The molecule has 0 spiro atoms. The second kappa shape index (κ2) is 11.2. The highest BCUT2D eigenvalue weighted by atomic mass is 31.3. The van der Waals surface area contributed by atoms with Crippen LogP contribution in [-0.4, -0.2) is 112 Å². The molecular formula is C15H24N2O17P2. The molecule has 2 aliphatic rings. The molecule has 1 aromatic heterocycles. The summed E-state index contributed by atoms with van der Waals surface area (Å²) in [4.78, 5) is 44.5. The van der Waals surface area contributed by atoms with Gasteiger partial charge >= 0.3 is 21.3 Å². The highest BCUT2D eigenvalue weighted by molar-refractivity contribution is 7.61. The number of aliphatic hydroxyl groups excluding tert-OH is 6. The molecule has 9 N–H and O–H groups in total. The number of aromatic nitrogens is 2. The van der Waals surface area contributed by atoms with Crippen LogP contribution in [0.15, 0.2) is 21.9 Å². The van der Waals surface area contributed by atoms with Gasteiger partial charge in [0, 0.05) is 12.3 Å². The molecule has 0 saturated carbocycles. The van der Waals surface area contributed by atoms with Crippen LogP contribution < -0.4 is 11.2 Å². The highest BCUT2D eigenvalue weighted by Crippen LogP contribution is 2.61. The maximum atomic E-state index is 12.1. The van der Waals surface area contributed by atoms with Crippen LogP contribution in [0.2, 0.25) is 0 Å². The van der Waals surface area contributed by atoms with Crippen LogP contribution in [-0.2, 0) is 32.0 Å². The molecule has 2 unspecified atom stereocenters. The third-order valence-electron chi connectivity index (χ3n) is 5.13. The second-order valence-electron chi connectivity index (χ2n) is 7.68. The zero-order valence-corrected chi connectivity index (χ0v) is 19.6. The summed E-state index contributed by atoms with van der Waals surface area (Å²) in [6.07, 6.45) is -15.1. The Balaban J connectivity index is 1.60. The molecule has 0 radical (unpaired) electrons. The molecule has 36 heavy (non-hydrogen) atoms. The van der Waals surface area contributed by atoms with E-state index in [1.54, 1.807) is 0 Å². The van der Waals surface area contributed by atoms with Crippen LogP contribution in [0.25, 0.3) is 0 Å². The molecule has 0 amide bonds. The summed E-state index contributed by atoms with van der Waals surface area (Å²) in [7, 11) is -11.0. The van der Waals surface area contributed by atoms with E-state index in [9.17, 15) is 54.0 Å². The third-order valence-corrected chi connectivity index (χ3v) is 7.73. The molecule has 2 aliphatic heterocycles. The molecule has 3 rings (SSSR count). The summed E-state index contributed by atoms with van der Waals surface area (Å²) in [5.74, 6) is 0. The first kappa shape index (κ1) is 29.2. The van der Waals surface area contributed by atoms with Gasteiger partial charge < -0.3 is 49.9 Å². The monoisotopic (exact) mass is 566 g/mol. The van der Waals surface area contributed by atoms with Crippen LogP contribution in [0.5, 0.6) is 0 Å². The maximum absolute atomic E-state index is 12.1. The first-order chi connectivity index (χ1) is 16.7. The highest BCUT2D eigenvalue weighted by Gasteiger charge is 2.51. The number of hydrogen-bond acceptors (Lipinski definition) is 15. The molecule has 21 heteroatoms. The van der Waals surface area contributed by atoms with Gasteiger partial charge in [-0.3, -0.25) is 23.4 Å². The minimum atomic E-state index is -5.56. The summed E-state index contributed by atoms with van der Waals surface area (Å²) >= 11 is 0. The van der Waals surface area contributed by atoms with Crippen LogP contribution in [0.4, 0.5) is 0 Å². The van der Waals surface area contributed by atoms with Crippen molar-refractivity contribution in [1.29, 1.82) is 0 Å². The van der Waals surface area contributed by atoms with E-state index >= 15 is 0 Å². The topological polar surface area (TPSA) is 297 Å². The number of H-pyrrole nitrogens is 1. The van der Waals surface area contributed by atoms with Gasteiger partial charge in [0.25, 0.3) is 5.56 Å². The van der Waals surface area contributed by atoms with Crippen molar-refractivity contribution in [2.24, 2.45) is 0 Å². The summed E-state index contributed by atoms with van der Waals surface area (Å²) in [5.41, 5.74) is -1.74. The third kappa shape index (κ3) is 6.54. The van der Waals surface area contributed by atoms with E-state index in [0.717, 1.165) is 16.8 Å². The molecule has 206 valence electrons. The van der Waals surface area contributed by atoms with E-state index in [1.807, 2.05) is 4.98 Å². The largest absolute Gasteiger partial charge is 0.483 e. The fraction of sp³-hybridized carbons (Fsp3) is 0.733. The number of nitrogens with zero attached hydrogens (tertiary/aromatic N) is 1. The van der Waals surface area contributed by atoms with Gasteiger partial charge in [0.15, 0.2) is 12.5 Å². The van der Waals surface area contributed by atoms with Crippen LogP contribution in [0.1, 0.15) is 6.23 Å². The fourth-order valence-corrected chi connectivity index (χ4v) is 5.54. The number of aliphatic hydroxyl groups is 6. The summed E-state index contributed by atoms with van der Waals surface area (Å²) in [6, 6.07) is 0.930. The second-order valence-corrected chi connectivity index (χ2v) is 10.7. The number of hydrogen-bond donors (Lipinski definition) is 9. The Labute approximate surface area is 199 Å². The van der Waals surface area contributed by atoms with Crippen LogP contribution in [0, 0.1) is 0 Å². The Hall–Kier alpha value is -1.38. The molecule has 11 atom stereocenters. The van der Waals surface area contributed by atoms with E-state index in [1.165, 1.54) is 0 Å². The minimum absolute atomic E-state index is 0.725. The van der Waals surface area contributed by atoms with E-state index in [2.05, 4.69) is 13.4 Å². The van der Waals surface area contributed by atoms with Gasteiger partial charge in [0.05, 0.1) is 13.2 Å². The van der Waals surface area contributed by atoms with Gasteiger partial charge in [0.1, 0.15) is 42.7 Å². The molecule has 0 bridgehead atoms. The lowest BCUT2D eigenvalue weighted by atomic mass is 10.1. The van der Waals surface area contributed by atoms with E-state index < -0.39 is 95.4 Å². The number of rotatable bonds is 10. The summed E-state index contributed by atoms with van der Waals surface area (Å²) in [5, 5.41) is 58.3. The Bertz CT molecular complexity index is 1130. The smallest absolute Gasteiger partial charge is 0.394 e. The molecule has 19 nitrogen and oxygen atoms in total. The van der Waals surface area contributed by atoms with E-state index in [0.29, 0.717) is 0 Å². The Morgan fingerprint density at radius 3 is 2.31 bits per heavy atom. The molecule has 2 fully saturated rings. The van der Waals surface area contributed by atoms with Gasteiger partial charge in [-0.1, -0.05) is 0 Å². The zero-order valence-electron chi connectivity index (χ0n) is 17.9. The van der Waals surface area contributed by atoms with Crippen molar-refractivity contribution in [3.8, 4) is 0 Å². The number of phosphoric acid groups is 2. The van der Waals surface area contributed by atoms with Crippen LogP contribution in [0.3, 0.4) is 0 Å². The Morgan fingerprint density at radius 1 is 1.03 bits per heavy atom. The summed E-state index contributed by atoms with van der Waals surface area (Å²) in [6.45, 7) is -1.93. The van der Waals surface area contributed by atoms with Crippen molar-refractivity contribution in [2.75, 3.05) is 13.2 Å². The number of nitrogens with one attached hydrogen (secondary N) is 1. The predicted molar refractivity (Wildman–Crippen MR) is 109 cm³/mol. The first-order valence-electron chi connectivity index (χ1n) is 9.99. The fourth-order valence-electron chi connectivity index (χ4n) is 3.38. The van der Waals surface area contributed by atoms with Gasteiger partial charge in [-0.25, -0.2) is 13.9 Å². The van der Waals surface area contributed by atoms with Crippen molar-refractivity contribution in [3.05, 3.63) is 33.1 Å². The van der Waals surface area contributed by atoms with Gasteiger partial charge in [0.2, 0.25) is 0 Å². The number of ether oxygens (including phenoxy) is 2. The van der Waals surface area contributed by atoms with E-state index in [4.69, 9.17) is 14.6 Å².